The SMILES string of the molecule is CC1OCCC1Nc1ccc([N+](=O)[O-])c2ccncc12. The first-order valence-electron chi connectivity index (χ1n) is 6.56. The number of non-ortho nitro benzene ring substituents is 1. The number of pyridine rings is 1. The predicted octanol–water partition coefficient (Wildman–Crippen LogP) is 2.73. The second-order valence-electron chi connectivity index (χ2n) is 4.93. The van der Waals surface area contributed by atoms with E-state index >= 15 is 0 Å². The van der Waals surface area contributed by atoms with Crippen LogP contribution >= 0.6 is 0 Å². The molecule has 1 fully saturated rings. The van der Waals surface area contributed by atoms with E-state index in [0.29, 0.717) is 5.39 Å². The third kappa shape index (κ3) is 2.18. The van der Waals surface area contributed by atoms with Gasteiger partial charge in [-0.15, -0.1) is 0 Å². The molecule has 0 amide bonds. The predicted molar refractivity (Wildman–Crippen MR) is 75.8 cm³/mol. The van der Waals surface area contributed by atoms with E-state index in [2.05, 4.69) is 10.3 Å². The van der Waals surface area contributed by atoms with Crippen LogP contribution in [0.3, 0.4) is 0 Å². The summed E-state index contributed by atoms with van der Waals surface area (Å²) in [7, 11) is 0. The van der Waals surface area contributed by atoms with Gasteiger partial charge in [0.25, 0.3) is 5.69 Å². The van der Waals surface area contributed by atoms with Gasteiger partial charge in [0.05, 0.1) is 22.5 Å². The van der Waals surface area contributed by atoms with Gasteiger partial charge in [-0.05, 0) is 25.5 Å². The molecule has 2 heterocycles. The Bertz CT molecular complexity index is 659. The molecule has 104 valence electrons. The van der Waals surface area contributed by atoms with Crippen LogP contribution in [0.25, 0.3) is 10.8 Å². The Morgan fingerprint density at radius 3 is 2.95 bits per heavy atom. The van der Waals surface area contributed by atoms with E-state index in [0.717, 1.165) is 24.1 Å². The molecular formula is C14H15N3O3. The van der Waals surface area contributed by atoms with E-state index in [-0.39, 0.29) is 22.8 Å². The lowest BCUT2D eigenvalue weighted by Crippen LogP contribution is -2.26. The van der Waals surface area contributed by atoms with Crippen molar-refractivity contribution in [3.05, 3.63) is 40.7 Å². The van der Waals surface area contributed by atoms with Crippen LogP contribution < -0.4 is 5.32 Å². The summed E-state index contributed by atoms with van der Waals surface area (Å²) in [6.07, 6.45) is 4.29. The number of hydrogen-bond acceptors (Lipinski definition) is 5. The van der Waals surface area contributed by atoms with Gasteiger partial charge in [0.15, 0.2) is 0 Å². The van der Waals surface area contributed by atoms with Gasteiger partial charge in [0.2, 0.25) is 0 Å². The van der Waals surface area contributed by atoms with Crippen LogP contribution in [0.5, 0.6) is 0 Å². The summed E-state index contributed by atoms with van der Waals surface area (Å²) in [4.78, 5) is 14.8. The third-order valence-corrected chi connectivity index (χ3v) is 3.71. The standard InChI is InChI=1S/C14H15N3O3/c1-9-12(5-7-20-9)16-13-2-3-14(17(18)19)10-4-6-15-8-11(10)13/h2-4,6,8-9,12,16H,5,7H2,1H3. The number of rotatable bonds is 3. The van der Waals surface area contributed by atoms with E-state index in [1.807, 2.05) is 6.92 Å². The first-order chi connectivity index (χ1) is 9.66. The van der Waals surface area contributed by atoms with Gasteiger partial charge < -0.3 is 10.1 Å². The maximum Gasteiger partial charge on any atom is 0.277 e. The number of nitro groups is 1. The van der Waals surface area contributed by atoms with E-state index in [4.69, 9.17) is 4.74 Å². The van der Waals surface area contributed by atoms with Crippen LogP contribution in [-0.2, 0) is 4.74 Å². The van der Waals surface area contributed by atoms with Crippen LogP contribution in [-0.4, -0.2) is 28.7 Å². The number of nitrogens with one attached hydrogen (secondary N) is 1. The minimum Gasteiger partial charge on any atom is -0.379 e. The Hall–Kier alpha value is -2.21. The molecule has 0 bridgehead atoms. The van der Waals surface area contributed by atoms with Crippen molar-refractivity contribution in [3.8, 4) is 0 Å². The molecule has 6 nitrogen and oxygen atoms in total. The lowest BCUT2D eigenvalue weighted by atomic mass is 10.1. The zero-order chi connectivity index (χ0) is 14.1. The quantitative estimate of drug-likeness (QED) is 0.687. The number of nitrogens with zero attached hydrogens (tertiary/aromatic N) is 2. The fourth-order valence-corrected chi connectivity index (χ4v) is 2.58. The molecule has 20 heavy (non-hydrogen) atoms. The van der Waals surface area contributed by atoms with Crippen molar-refractivity contribution in [3.63, 3.8) is 0 Å². The number of nitro benzene ring substituents is 1. The summed E-state index contributed by atoms with van der Waals surface area (Å²) in [5.41, 5.74) is 0.963. The fraction of sp³-hybridized carbons (Fsp3) is 0.357. The highest BCUT2D eigenvalue weighted by Gasteiger charge is 2.25. The highest BCUT2D eigenvalue weighted by molar-refractivity contribution is 5.99. The topological polar surface area (TPSA) is 77.3 Å². The molecule has 0 aliphatic carbocycles. The smallest absolute Gasteiger partial charge is 0.277 e. The Morgan fingerprint density at radius 1 is 1.40 bits per heavy atom. The molecule has 0 radical (unpaired) electrons. The molecule has 2 atom stereocenters. The van der Waals surface area contributed by atoms with E-state index in [1.165, 1.54) is 6.07 Å². The minimum atomic E-state index is -0.368. The number of benzene rings is 1. The van der Waals surface area contributed by atoms with Crippen molar-refractivity contribution >= 4 is 22.1 Å². The molecule has 6 heteroatoms. The van der Waals surface area contributed by atoms with E-state index < -0.39 is 0 Å². The molecule has 0 saturated carbocycles. The first-order valence-corrected chi connectivity index (χ1v) is 6.56. The van der Waals surface area contributed by atoms with Crippen molar-refractivity contribution in [2.75, 3.05) is 11.9 Å². The van der Waals surface area contributed by atoms with Crippen LogP contribution in [0.4, 0.5) is 11.4 Å². The maximum atomic E-state index is 11.1. The Balaban J connectivity index is 2.04. The van der Waals surface area contributed by atoms with Gasteiger partial charge in [-0.3, -0.25) is 15.1 Å². The van der Waals surface area contributed by atoms with Crippen molar-refractivity contribution < 1.29 is 9.66 Å². The molecule has 1 aliphatic rings. The highest BCUT2D eigenvalue weighted by atomic mass is 16.6. The van der Waals surface area contributed by atoms with Gasteiger partial charge >= 0.3 is 0 Å². The zero-order valence-corrected chi connectivity index (χ0v) is 11.1. The molecule has 2 unspecified atom stereocenters. The molecular weight excluding hydrogens is 258 g/mol. The third-order valence-electron chi connectivity index (χ3n) is 3.71. The molecule has 1 N–H and O–H groups in total. The van der Waals surface area contributed by atoms with Crippen molar-refractivity contribution in [2.24, 2.45) is 0 Å². The number of anilines is 1. The van der Waals surface area contributed by atoms with Gasteiger partial charge in [-0.2, -0.15) is 0 Å². The fourth-order valence-electron chi connectivity index (χ4n) is 2.58. The zero-order valence-electron chi connectivity index (χ0n) is 11.1. The molecule has 1 aromatic heterocycles. The Labute approximate surface area is 115 Å². The summed E-state index contributed by atoms with van der Waals surface area (Å²) in [5.74, 6) is 0. The Kier molecular flexibility index (Phi) is 3.23. The van der Waals surface area contributed by atoms with E-state index in [9.17, 15) is 10.1 Å². The lowest BCUT2D eigenvalue weighted by molar-refractivity contribution is -0.383. The summed E-state index contributed by atoms with van der Waals surface area (Å²) in [5, 5.41) is 15.8. The number of fused-ring (bicyclic) bond motifs is 1. The molecule has 1 saturated heterocycles. The number of hydrogen-bond donors (Lipinski definition) is 1. The molecule has 2 aromatic rings. The van der Waals surface area contributed by atoms with Crippen LogP contribution in [0.2, 0.25) is 0 Å². The second kappa shape index (κ2) is 5.05. The second-order valence-corrected chi connectivity index (χ2v) is 4.93. The van der Waals surface area contributed by atoms with Gasteiger partial charge in [0.1, 0.15) is 0 Å². The largest absolute Gasteiger partial charge is 0.379 e. The average molecular weight is 273 g/mol. The lowest BCUT2D eigenvalue weighted by Gasteiger charge is -2.18. The first kappa shape index (κ1) is 12.8. The monoisotopic (exact) mass is 273 g/mol. The summed E-state index contributed by atoms with van der Waals surface area (Å²) >= 11 is 0. The van der Waals surface area contributed by atoms with Gasteiger partial charge in [-0.25, -0.2) is 0 Å². The number of aromatic nitrogens is 1. The van der Waals surface area contributed by atoms with Crippen LogP contribution in [0, 0.1) is 10.1 Å². The summed E-state index contributed by atoms with van der Waals surface area (Å²) in [6.45, 7) is 2.76. The summed E-state index contributed by atoms with van der Waals surface area (Å²) in [6, 6.07) is 5.17. The van der Waals surface area contributed by atoms with E-state index in [1.54, 1.807) is 24.5 Å². The van der Waals surface area contributed by atoms with Crippen LogP contribution in [0.15, 0.2) is 30.6 Å². The molecule has 1 aromatic carbocycles. The normalized spacial score (nSPS) is 22.1. The Morgan fingerprint density at radius 2 is 2.25 bits per heavy atom. The molecule has 3 rings (SSSR count). The average Bonchev–Trinajstić information content (AvgIpc) is 2.84. The number of ether oxygens (including phenoxy) is 1. The van der Waals surface area contributed by atoms with Crippen molar-refractivity contribution in [2.45, 2.75) is 25.5 Å². The maximum absolute atomic E-state index is 11.1. The van der Waals surface area contributed by atoms with Gasteiger partial charge in [-0.1, -0.05) is 0 Å². The van der Waals surface area contributed by atoms with Gasteiger partial charge in [0, 0.05) is 36.1 Å². The molecule has 0 spiro atoms. The van der Waals surface area contributed by atoms with Crippen molar-refractivity contribution in [1.82, 2.24) is 4.98 Å². The highest BCUT2D eigenvalue weighted by Crippen LogP contribution is 2.32. The summed E-state index contributed by atoms with van der Waals surface area (Å²) < 4.78 is 5.53. The molecule has 1 aliphatic heterocycles. The minimum absolute atomic E-state index is 0.101. The van der Waals surface area contributed by atoms with Crippen LogP contribution in [0.1, 0.15) is 13.3 Å². The van der Waals surface area contributed by atoms with Crippen molar-refractivity contribution in [1.29, 1.82) is 0 Å².